The topological polar surface area (TPSA) is 0 Å². The van der Waals surface area contributed by atoms with Crippen molar-refractivity contribution in [2.24, 2.45) is 0 Å². The van der Waals surface area contributed by atoms with E-state index in [9.17, 15) is 0 Å². The molecule has 0 heterocycles. The van der Waals surface area contributed by atoms with E-state index in [4.69, 9.17) is 0 Å². The van der Waals surface area contributed by atoms with E-state index < -0.39 is 6.15 Å². The van der Waals surface area contributed by atoms with E-state index in [1.807, 2.05) is 0 Å². The molecule has 0 aliphatic rings. The summed E-state index contributed by atoms with van der Waals surface area (Å²) in [5.74, 6) is 0. The molecule has 4 aromatic carbocycles. The first kappa shape index (κ1) is 26.8. The Morgan fingerprint density at radius 3 is 0.576 bits per heavy atom. The third-order valence-corrected chi connectivity index (χ3v) is 9.20. The van der Waals surface area contributed by atoms with Crippen molar-refractivity contribution in [2.75, 3.05) is 0 Å². The van der Waals surface area contributed by atoms with Gasteiger partial charge in [-0.1, -0.05) is 176 Å². The van der Waals surface area contributed by atoms with Crippen LogP contribution in [0.3, 0.4) is 0 Å². The fourth-order valence-corrected chi connectivity index (χ4v) is 9.77. The summed E-state index contributed by atoms with van der Waals surface area (Å²) in [6.45, 7) is 0. The third-order valence-electron chi connectivity index (χ3n) is 5.54. The van der Waals surface area contributed by atoms with Crippen molar-refractivity contribution in [3.63, 3.8) is 0 Å². The lowest BCUT2D eigenvalue weighted by molar-refractivity contribution is 1.57. The largest absolute Gasteiger partial charge is 0.193 e. The van der Waals surface area contributed by atoms with Crippen molar-refractivity contribution < 1.29 is 0 Å². The number of hydrogen-bond acceptors (Lipinski definition) is 0. The summed E-state index contributed by atoms with van der Waals surface area (Å²) in [4.78, 5) is 0. The van der Waals surface area contributed by atoms with Crippen molar-refractivity contribution in [1.82, 2.24) is 0 Å². The molecule has 0 fully saturated rings. The zero-order valence-corrected chi connectivity index (χ0v) is 29.2. The maximum atomic E-state index is 3.73. The first-order valence-corrected chi connectivity index (χ1v) is 15.9. The van der Waals surface area contributed by atoms with Gasteiger partial charge in [-0.3, -0.25) is 0 Å². The van der Waals surface area contributed by atoms with Gasteiger partial charge in [-0.2, -0.15) is 21.9 Å². The van der Waals surface area contributed by atoms with E-state index in [2.05, 4.69) is 200 Å². The van der Waals surface area contributed by atoms with E-state index in [0.29, 0.717) is 0 Å². The minimum absolute atomic E-state index is 1.01. The Hall–Kier alpha value is 0.785. The second kappa shape index (κ2) is 11.0. The van der Waals surface area contributed by atoms with Crippen molar-refractivity contribution in [3.8, 4) is 0 Å². The second-order valence-electron chi connectivity index (χ2n) is 7.68. The lowest BCUT2D eigenvalue weighted by Crippen LogP contribution is -2.75. The molecule has 0 aliphatic heterocycles. The van der Waals surface area contributed by atoms with Crippen LogP contribution in [0.2, 0.25) is 0 Å². The van der Waals surface area contributed by atoms with E-state index in [0.717, 1.165) is 35.8 Å². The van der Waals surface area contributed by atoms with Crippen LogP contribution in [0.4, 0.5) is 0 Å². The van der Waals surface area contributed by atoms with Gasteiger partial charge in [0.05, 0.1) is 0 Å². The monoisotopic (exact) mass is 942 g/mol. The Labute approximate surface area is 260 Å². The summed E-state index contributed by atoms with van der Waals surface area (Å²) in [6.07, 6.45) is -1.61. The normalized spacial score (nSPS) is 11.6. The second-order valence-corrected chi connectivity index (χ2v) is 15.0. The molecular weight excluding hydrogens is 938 g/mol. The predicted octanol–water partition coefficient (Wildman–Crippen LogP) is 9.16. The van der Waals surface area contributed by atoms with E-state index in [-0.39, 0.29) is 0 Å². The highest BCUT2D eigenvalue weighted by molar-refractivity contribution is 9.12. The molecule has 0 nitrogen and oxygen atoms in total. The maximum absolute atomic E-state index is 3.73. The average Bonchev–Trinajstić information content (AvgIpc) is 2.65. The minimum Gasteiger partial charge on any atom is -0.193 e. The van der Waals surface area contributed by atoms with Crippen molar-refractivity contribution in [1.29, 1.82) is 0 Å². The van der Waals surface area contributed by atoms with Gasteiger partial charge >= 0.3 is 0 Å². The van der Waals surface area contributed by atoms with Gasteiger partial charge in [-0.15, -0.1) is 0 Å². The van der Waals surface area contributed by atoms with Gasteiger partial charge in [0.25, 0.3) is 0 Å². The molecular formula is C24H12BBr8-. The Bertz CT molecular complexity index is 1080. The molecule has 0 aliphatic carbocycles. The third kappa shape index (κ3) is 5.86. The summed E-state index contributed by atoms with van der Waals surface area (Å²) < 4.78 is 8.08. The lowest BCUT2D eigenvalue weighted by atomic mass is 9.13. The van der Waals surface area contributed by atoms with Gasteiger partial charge in [-0.05, 0) is 24.3 Å². The summed E-state index contributed by atoms with van der Waals surface area (Å²) in [5.41, 5.74) is 4.71. The van der Waals surface area contributed by atoms with Crippen molar-refractivity contribution in [3.05, 3.63) is 109 Å². The zero-order chi connectivity index (χ0) is 23.9. The molecule has 168 valence electrons. The summed E-state index contributed by atoms with van der Waals surface area (Å²) >= 11 is 29.9. The molecule has 4 aromatic rings. The quantitative estimate of drug-likeness (QED) is 0.179. The molecule has 33 heavy (non-hydrogen) atoms. The highest BCUT2D eigenvalue weighted by Crippen LogP contribution is 2.26. The molecule has 0 saturated carbocycles. The summed E-state index contributed by atoms with van der Waals surface area (Å²) in [7, 11) is 0. The molecule has 0 amide bonds. The first-order valence-electron chi connectivity index (χ1n) is 9.59. The number of hydrogen-bond donors (Lipinski definition) is 0. The summed E-state index contributed by atoms with van der Waals surface area (Å²) in [6, 6.07) is 25.9. The van der Waals surface area contributed by atoms with Crippen molar-refractivity contribution >= 4 is 155 Å². The van der Waals surface area contributed by atoms with Gasteiger partial charge in [-0.25, -0.2) is 0 Å². The lowest BCUT2D eigenvalue weighted by Gasteiger charge is -2.45. The predicted molar refractivity (Wildman–Crippen MR) is 172 cm³/mol. The smallest absolute Gasteiger partial charge is 0.108 e. The Morgan fingerprint density at radius 1 is 0.273 bits per heavy atom. The summed E-state index contributed by atoms with van der Waals surface area (Å²) in [5, 5.41) is 0. The van der Waals surface area contributed by atoms with Gasteiger partial charge in [0.15, 0.2) is 0 Å². The van der Waals surface area contributed by atoms with E-state index in [1.165, 1.54) is 21.9 Å². The SMILES string of the molecule is Brc1cc(Br)cc([B-](c2cc(Br)cc(Br)c2)(c2cc(Br)cc(Br)c2)c2cc(Br)cc(Br)c2)c1. The molecule has 4 rings (SSSR count). The molecule has 9 heteroatoms. The molecule has 0 atom stereocenters. The van der Waals surface area contributed by atoms with Crippen LogP contribution in [0.1, 0.15) is 0 Å². The Morgan fingerprint density at radius 2 is 0.424 bits per heavy atom. The van der Waals surface area contributed by atoms with Crippen LogP contribution < -0.4 is 21.9 Å². The number of benzene rings is 4. The van der Waals surface area contributed by atoms with Crippen LogP contribution in [0.15, 0.2) is 109 Å². The minimum atomic E-state index is -1.61. The highest BCUT2D eigenvalue weighted by atomic mass is 79.9. The van der Waals surface area contributed by atoms with E-state index >= 15 is 0 Å². The Kier molecular flexibility index (Phi) is 8.97. The number of rotatable bonds is 4. The van der Waals surface area contributed by atoms with Crippen LogP contribution >= 0.6 is 127 Å². The van der Waals surface area contributed by atoms with Crippen molar-refractivity contribution in [2.45, 2.75) is 0 Å². The number of halogens is 8. The average molecular weight is 950 g/mol. The van der Waals surface area contributed by atoms with Crippen LogP contribution in [0.5, 0.6) is 0 Å². The fourth-order valence-electron chi connectivity index (χ4n) is 4.46. The van der Waals surface area contributed by atoms with Gasteiger partial charge in [0, 0.05) is 35.8 Å². The zero-order valence-electron chi connectivity index (χ0n) is 16.5. The Balaban J connectivity index is 2.28. The van der Waals surface area contributed by atoms with Crippen LogP contribution in [0.25, 0.3) is 0 Å². The fraction of sp³-hybridized carbons (Fsp3) is 0. The standard InChI is InChI=1S/C24H12BBr8/c26-17-1-13(2-18(27)9-17)25(14-3-19(28)10-20(29)4-14,15-5-21(30)11-22(31)6-15)16-7-23(32)12-24(33)8-16/h1-12H/q-1. The van der Waals surface area contributed by atoms with Gasteiger partial charge in [0.1, 0.15) is 6.15 Å². The van der Waals surface area contributed by atoms with Crippen LogP contribution in [-0.4, -0.2) is 6.15 Å². The van der Waals surface area contributed by atoms with E-state index in [1.54, 1.807) is 0 Å². The molecule has 0 aromatic heterocycles. The van der Waals surface area contributed by atoms with Gasteiger partial charge in [0.2, 0.25) is 0 Å². The van der Waals surface area contributed by atoms with Crippen LogP contribution in [0, 0.1) is 0 Å². The molecule has 0 spiro atoms. The molecule has 0 saturated heterocycles. The first-order chi connectivity index (χ1) is 15.6. The van der Waals surface area contributed by atoms with Gasteiger partial charge < -0.3 is 0 Å². The highest BCUT2D eigenvalue weighted by Gasteiger charge is 2.33. The molecule has 0 bridgehead atoms. The molecule has 0 N–H and O–H groups in total. The van der Waals surface area contributed by atoms with Crippen LogP contribution in [-0.2, 0) is 0 Å². The molecule has 0 radical (unpaired) electrons. The maximum Gasteiger partial charge on any atom is 0.108 e. The molecule has 0 unspecified atom stereocenters.